The Morgan fingerprint density at radius 1 is 1.31 bits per heavy atom. The summed E-state index contributed by atoms with van der Waals surface area (Å²) in [6, 6.07) is 0.437. The van der Waals surface area contributed by atoms with E-state index in [1.165, 1.54) is 14.2 Å². The van der Waals surface area contributed by atoms with Gasteiger partial charge < -0.3 is 18.0 Å². The molecule has 0 N–H and O–H groups in total. The number of ether oxygens (including phenoxy) is 1. The van der Waals surface area contributed by atoms with E-state index < -0.39 is 14.8 Å². The molecule has 0 fully saturated rings. The molecule has 0 saturated carbocycles. The molecule has 0 rings (SSSR count). The topological polar surface area (TPSA) is 54.0 Å². The van der Waals surface area contributed by atoms with Gasteiger partial charge in [-0.05, 0) is 13.8 Å². The second-order valence-electron chi connectivity index (χ2n) is 3.19. The van der Waals surface area contributed by atoms with Crippen LogP contribution in [0.25, 0.3) is 0 Å². The lowest BCUT2D eigenvalue weighted by molar-refractivity contribution is -0.138. The highest BCUT2D eigenvalue weighted by atomic mass is 28.4. The standard InChI is InChI=1S/C10H20O5Si/c1-6-15-16(12-4,13-5)8-7-14-10(11)9(2)3/h2,6-8H2,1,3-5H3. The summed E-state index contributed by atoms with van der Waals surface area (Å²) in [6.07, 6.45) is 0. The normalized spacial score (nSPS) is 11.2. The molecule has 0 radical (unpaired) electrons. The fraction of sp³-hybridized carbons (Fsp3) is 0.700. The maximum atomic E-state index is 11.1. The monoisotopic (exact) mass is 248 g/mol. The molecule has 0 aromatic rings. The third-order valence-electron chi connectivity index (χ3n) is 1.98. The van der Waals surface area contributed by atoms with Crippen molar-refractivity contribution >= 4 is 14.8 Å². The van der Waals surface area contributed by atoms with Crippen LogP contribution in [0.15, 0.2) is 12.2 Å². The lowest BCUT2D eigenvalue weighted by Gasteiger charge is -2.25. The lowest BCUT2D eigenvalue weighted by Crippen LogP contribution is -2.44. The number of carbonyl (C=O) groups is 1. The van der Waals surface area contributed by atoms with Gasteiger partial charge in [-0.2, -0.15) is 0 Å². The molecule has 0 bridgehead atoms. The summed E-state index contributed by atoms with van der Waals surface area (Å²) in [6.45, 7) is 7.66. The van der Waals surface area contributed by atoms with Crippen LogP contribution in [0, 0.1) is 0 Å². The van der Waals surface area contributed by atoms with E-state index in [0.29, 0.717) is 18.2 Å². The fourth-order valence-electron chi connectivity index (χ4n) is 1.09. The highest BCUT2D eigenvalue weighted by Crippen LogP contribution is 2.13. The third-order valence-corrected chi connectivity index (χ3v) is 4.77. The van der Waals surface area contributed by atoms with Crippen LogP contribution in [-0.2, 0) is 22.8 Å². The molecule has 0 spiro atoms. The maximum Gasteiger partial charge on any atom is 0.503 e. The molecule has 0 aromatic carbocycles. The van der Waals surface area contributed by atoms with Crippen LogP contribution in [-0.4, -0.2) is 42.2 Å². The minimum atomic E-state index is -2.65. The van der Waals surface area contributed by atoms with Gasteiger partial charge in [0, 0.05) is 26.4 Å². The summed E-state index contributed by atoms with van der Waals surface area (Å²) in [4.78, 5) is 11.1. The van der Waals surface area contributed by atoms with Gasteiger partial charge in [-0.1, -0.05) is 6.58 Å². The van der Waals surface area contributed by atoms with E-state index in [2.05, 4.69) is 6.58 Å². The van der Waals surface area contributed by atoms with E-state index in [1.54, 1.807) is 6.92 Å². The summed E-state index contributed by atoms with van der Waals surface area (Å²) in [5.41, 5.74) is 0.374. The predicted octanol–water partition coefficient (Wildman–Crippen LogP) is 1.37. The molecule has 0 atom stereocenters. The Hall–Kier alpha value is -0.693. The molecule has 5 nitrogen and oxygen atoms in total. The van der Waals surface area contributed by atoms with Crippen molar-refractivity contribution in [2.24, 2.45) is 0 Å². The van der Waals surface area contributed by atoms with Crippen LogP contribution < -0.4 is 0 Å². The second kappa shape index (κ2) is 7.56. The van der Waals surface area contributed by atoms with Gasteiger partial charge in [0.25, 0.3) is 0 Å². The minimum absolute atomic E-state index is 0.208. The molecule has 6 heteroatoms. The van der Waals surface area contributed by atoms with Crippen LogP contribution in [0.5, 0.6) is 0 Å². The molecule has 0 aromatic heterocycles. The Balaban J connectivity index is 4.12. The van der Waals surface area contributed by atoms with Crippen LogP contribution in [0.1, 0.15) is 13.8 Å². The minimum Gasteiger partial charge on any atom is -0.462 e. The van der Waals surface area contributed by atoms with E-state index in [-0.39, 0.29) is 6.61 Å². The van der Waals surface area contributed by atoms with Crippen LogP contribution in [0.3, 0.4) is 0 Å². The maximum absolute atomic E-state index is 11.1. The summed E-state index contributed by atoms with van der Waals surface area (Å²) >= 11 is 0. The van der Waals surface area contributed by atoms with Crippen LogP contribution >= 0.6 is 0 Å². The molecule has 0 aliphatic heterocycles. The average molecular weight is 248 g/mol. The largest absolute Gasteiger partial charge is 0.503 e. The summed E-state index contributed by atoms with van der Waals surface area (Å²) in [7, 11) is 0.415. The Bertz CT molecular complexity index is 237. The van der Waals surface area contributed by atoms with Gasteiger partial charge in [0.05, 0.1) is 12.7 Å². The van der Waals surface area contributed by atoms with Gasteiger partial charge in [-0.15, -0.1) is 0 Å². The van der Waals surface area contributed by atoms with Crippen molar-refractivity contribution in [1.29, 1.82) is 0 Å². The van der Waals surface area contributed by atoms with Crippen LogP contribution in [0.2, 0.25) is 6.04 Å². The van der Waals surface area contributed by atoms with Crippen molar-refractivity contribution in [3.63, 3.8) is 0 Å². The Labute approximate surface area is 97.7 Å². The zero-order chi connectivity index (χ0) is 12.6. The molecule has 94 valence electrons. The smallest absolute Gasteiger partial charge is 0.462 e. The first kappa shape index (κ1) is 15.3. The van der Waals surface area contributed by atoms with Crippen LogP contribution in [0.4, 0.5) is 0 Å². The number of hydrogen-bond acceptors (Lipinski definition) is 5. The van der Waals surface area contributed by atoms with Gasteiger partial charge in [0.2, 0.25) is 0 Å². The lowest BCUT2D eigenvalue weighted by atomic mass is 10.4. The van der Waals surface area contributed by atoms with Gasteiger partial charge >= 0.3 is 14.8 Å². The zero-order valence-corrected chi connectivity index (χ0v) is 11.4. The first-order valence-corrected chi connectivity index (χ1v) is 7.01. The van der Waals surface area contributed by atoms with Gasteiger partial charge in [0.1, 0.15) is 0 Å². The number of esters is 1. The highest BCUT2D eigenvalue weighted by molar-refractivity contribution is 6.60. The molecular formula is C10H20O5Si. The van der Waals surface area contributed by atoms with Crippen molar-refractivity contribution in [2.75, 3.05) is 27.4 Å². The van der Waals surface area contributed by atoms with Crippen molar-refractivity contribution in [3.8, 4) is 0 Å². The second-order valence-corrected chi connectivity index (χ2v) is 6.16. The summed E-state index contributed by atoms with van der Waals surface area (Å²) in [5.74, 6) is -0.411. The summed E-state index contributed by atoms with van der Waals surface area (Å²) < 4.78 is 20.9. The van der Waals surface area contributed by atoms with Crippen molar-refractivity contribution in [2.45, 2.75) is 19.9 Å². The number of rotatable bonds is 8. The molecule has 0 aliphatic rings. The van der Waals surface area contributed by atoms with E-state index in [0.717, 1.165) is 0 Å². The molecule has 0 unspecified atom stereocenters. The third kappa shape index (κ3) is 4.89. The average Bonchev–Trinajstić information content (AvgIpc) is 2.27. The zero-order valence-electron chi connectivity index (χ0n) is 10.4. The van der Waals surface area contributed by atoms with E-state index in [4.69, 9.17) is 18.0 Å². The fourth-order valence-corrected chi connectivity index (χ4v) is 2.84. The Kier molecular flexibility index (Phi) is 7.23. The van der Waals surface area contributed by atoms with Crippen molar-refractivity contribution in [3.05, 3.63) is 12.2 Å². The molecule has 16 heavy (non-hydrogen) atoms. The SMILES string of the molecule is C=C(C)C(=O)OCC[Si](OC)(OC)OCC. The van der Waals surface area contributed by atoms with Gasteiger partial charge in [0.15, 0.2) is 0 Å². The van der Waals surface area contributed by atoms with Crippen molar-refractivity contribution in [1.82, 2.24) is 0 Å². The van der Waals surface area contributed by atoms with Crippen molar-refractivity contribution < 1.29 is 22.8 Å². The first-order valence-electron chi connectivity index (χ1n) is 5.08. The first-order chi connectivity index (χ1) is 7.51. The van der Waals surface area contributed by atoms with E-state index in [1.807, 2.05) is 6.92 Å². The Morgan fingerprint density at radius 2 is 1.88 bits per heavy atom. The quantitative estimate of drug-likeness (QED) is 0.369. The number of hydrogen-bond donors (Lipinski definition) is 0. The predicted molar refractivity (Wildman–Crippen MR) is 62.0 cm³/mol. The number of carbonyl (C=O) groups excluding carboxylic acids is 1. The molecule has 0 amide bonds. The Morgan fingerprint density at radius 3 is 2.25 bits per heavy atom. The van der Waals surface area contributed by atoms with Gasteiger partial charge in [-0.3, -0.25) is 0 Å². The van der Waals surface area contributed by atoms with E-state index >= 15 is 0 Å². The molecular weight excluding hydrogens is 228 g/mol. The molecule has 0 aliphatic carbocycles. The molecule has 0 saturated heterocycles. The molecule has 0 heterocycles. The highest BCUT2D eigenvalue weighted by Gasteiger charge is 2.38. The van der Waals surface area contributed by atoms with E-state index in [9.17, 15) is 4.79 Å². The summed E-state index contributed by atoms with van der Waals surface area (Å²) in [5, 5.41) is 0. The van der Waals surface area contributed by atoms with Gasteiger partial charge in [-0.25, -0.2) is 4.79 Å².